The van der Waals surface area contributed by atoms with Crippen molar-refractivity contribution in [2.75, 3.05) is 11.9 Å². The molecule has 1 aromatic carbocycles. The fourth-order valence-corrected chi connectivity index (χ4v) is 4.58. The molecule has 0 saturated heterocycles. The second-order valence-corrected chi connectivity index (χ2v) is 8.20. The standard InChI is InChI=1S/C19H19N5O2S/c25-17(11-2-1-3-11)23-19-22-14-6-7-24(9-16(14)27-19)18(26)12-4-5-13-15(8-12)21-10-20-13/h4-5,8,10-11H,1-3,6-7,9H2,(H,20,21)(H,22,23,25). The van der Waals surface area contributed by atoms with Gasteiger partial charge in [0.15, 0.2) is 5.13 Å². The van der Waals surface area contributed by atoms with Crippen molar-refractivity contribution in [2.24, 2.45) is 5.92 Å². The summed E-state index contributed by atoms with van der Waals surface area (Å²) in [6.07, 6.45) is 5.42. The van der Waals surface area contributed by atoms with Gasteiger partial charge in [0.25, 0.3) is 5.91 Å². The molecule has 2 amide bonds. The summed E-state index contributed by atoms with van der Waals surface area (Å²) in [5.41, 5.74) is 3.36. The van der Waals surface area contributed by atoms with E-state index in [-0.39, 0.29) is 17.7 Å². The molecule has 2 N–H and O–H groups in total. The fourth-order valence-electron chi connectivity index (χ4n) is 3.55. The number of H-pyrrole nitrogens is 1. The first-order valence-corrected chi connectivity index (χ1v) is 10.0. The molecule has 5 rings (SSSR count). The molecule has 1 saturated carbocycles. The summed E-state index contributed by atoms with van der Waals surface area (Å²) in [5.74, 6) is 0.222. The number of hydrogen-bond acceptors (Lipinski definition) is 5. The van der Waals surface area contributed by atoms with E-state index < -0.39 is 0 Å². The molecule has 0 radical (unpaired) electrons. The highest BCUT2D eigenvalue weighted by molar-refractivity contribution is 7.15. The maximum atomic E-state index is 12.9. The van der Waals surface area contributed by atoms with Gasteiger partial charge in [-0.25, -0.2) is 9.97 Å². The third kappa shape index (κ3) is 2.99. The zero-order valence-electron chi connectivity index (χ0n) is 14.7. The molecule has 2 aliphatic rings. The topological polar surface area (TPSA) is 91.0 Å². The smallest absolute Gasteiger partial charge is 0.254 e. The van der Waals surface area contributed by atoms with Crippen LogP contribution in [-0.2, 0) is 17.8 Å². The molecular formula is C19H19N5O2S. The lowest BCUT2D eigenvalue weighted by atomic mass is 9.85. The fraction of sp³-hybridized carbons (Fsp3) is 0.368. The normalized spacial score (nSPS) is 16.8. The third-order valence-corrected chi connectivity index (χ3v) is 6.39. The molecule has 2 aromatic heterocycles. The zero-order valence-corrected chi connectivity index (χ0v) is 15.5. The summed E-state index contributed by atoms with van der Waals surface area (Å²) in [4.78, 5) is 39.7. The van der Waals surface area contributed by atoms with Crippen LogP contribution in [0.4, 0.5) is 5.13 Å². The Kier molecular flexibility index (Phi) is 3.93. The third-order valence-electron chi connectivity index (χ3n) is 5.39. The number of imidazole rings is 1. The first kappa shape index (κ1) is 16.4. The van der Waals surface area contributed by atoms with Crippen LogP contribution in [0.5, 0.6) is 0 Å². The minimum absolute atomic E-state index is 0.00519. The molecule has 0 spiro atoms. The maximum Gasteiger partial charge on any atom is 0.254 e. The molecule has 3 aromatic rings. The van der Waals surface area contributed by atoms with Gasteiger partial charge in [0.05, 0.1) is 29.6 Å². The van der Waals surface area contributed by atoms with E-state index in [2.05, 4.69) is 20.3 Å². The van der Waals surface area contributed by atoms with Crippen molar-refractivity contribution in [1.29, 1.82) is 0 Å². The number of nitrogens with zero attached hydrogens (tertiary/aromatic N) is 3. The van der Waals surface area contributed by atoms with E-state index in [4.69, 9.17) is 0 Å². The summed E-state index contributed by atoms with van der Waals surface area (Å²) in [5, 5.41) is 3.61. The Morgan fingerprint density at radius 2 is 2.19 bits per heavy atom. The lowest BCUT2D eigenvalue weighted by molar-refractivity contribution is -0.122. The number of fused-ring (bicyclic) bond motifs is 2. The molecule has 1 aliphatic carbocycles. The maximum absolute atomic E-state index is 12.9. The van der Waals surface area contributed by atoms with Crippen molar-refractivity contribution < 1.29 is 9.59 Å². The van der Waals surface area contributed by atoms with Gasteiger partial charge in [-0.3, -0.25) is 9.59 Å². The molecule has 1 aliphatic heterocycles. The lowest BCUT2D eigenvalue weighted by Crippen LogP contribution is -2.35. The van der Waals surface area contributed by atoms with E-state index in [1.54, 1.807) is 6.33 Å². The Labute approximate surface area is 159 Å². The highest BCUT2D eigenvalue weighted by atomic mass is 32.1. The Morgan fingerprint density at radius 3 is 3.00 bits per heavy atom. The predicted octanol–water partition coefficient (Wildman–Crippen LogP) is 2.96. The molecule has 8 heteroatoms. The van der Waals surface area contributed by atoms with Gasteiger partial charge in [-0.15, -0.1) is 0 Å². The second-order valence-electron chi connectivity index (χ2n) is 7.12. The lowest BCUT2D eigenvalue weighted by Gasteiger charge is -2.26. The average molecular weight is 381 g/mol. The number of nitrogens with one attached hydrogen (secondary N) is 2. The largest absolute Gasteiger partial charge is 0.345 e. The van der Waals surface area contributed by atoms with Gasteiger partial charge in [-0.1, -0.05) is 17.8 Å². The summed E-state index contributed by atoms with van der Waals surface area (Å²) in [6.45, 7) is 1.17. The van der Waals surface area contributed by atoms with Crippen molar-refractivity contribution in [2.45, 2.75) is 32.2 Å². The monoisotopic (exact) mass is 381 g/mol. The van der Waals surface area contributed by atoms with Crippen LogP contribution in [0.25, 0.3) is 11.0 Å². The Bertz CT molecular complexity index is 1040. The van der Waals surface area contributed by atoms with E-state index in [9.17, 15) is 9.59 Å². The summed E-state index contributed by atoms with van der Waals surface area (Å²) in [7, 11) is 0. The Balaban J connectivity index is 1.31. The molecule has 0 atom stereocenters. The van der Waals surface area contributed by atoms with Crippen molar-refractivity contribution in [3.05, 3.63) is 40.7 Å². The van der Waals surface area contributed by atoms with Gasteiger partial charge in [-0.05, 0) is 31.0 Å². The average Bonchev–Trinajstić information content (AvgIpc) is 3.23. The SMILES string of the molecule is O=C(Nc1nc2c(s1)CN(C(=O)c1ccc3nc[nH]c3c1)CC2)C1CCC1. The summed E-state index contributed by atoms with van der Waals surface area (Å²) < 4.78 is 0. The number of thiazole rings is 1. The number of aromatic amines is 1. The van der Waals surface area contributed by atoms with Crippen LogP contribution in [0.3, 0.4) is 0 Å². The van der Waals surface area contributed by atoms with Crippen LogP contribution in [0.2, 0.25) is 0 Å². The Hall–Kier alpha value is -2.74. The van der Waals surface area contributed by atoms with Crippen LogP contribution in [-0.4, -0.2) is 38.2 Å². The van der Waals surface area contributed by atoms with Gasteiger partial charge in [0.1, 0.15) is 0 Å². The molecule has 27 heavy (non-hydrogen) atoms. The van der Waals surface area contributed by atoms with Crippen LogP contribution in [0.1, 0.15) is 40.2 Å². The Morgan fingerprint density at radius 1 is 1.30 bits per heavy atom. The number of amides is 2. The van der Waals surface area contributed by atoms with Gasteiger partial charge < -0.3 is 15.2 Å². The first-order valence-electron chi connectivity index (χ1n) is 9.19. The number of rotatable bonds is 3. The van der Waals surface area contributed by atoms with Crippen molar-refractivity contribution in [3.63, 3.8) is 0 Å². The van der Waals surface area contributed by atoms with E-state index >= 15 is 0 Å². The minimum Gasteiger partial charge on any atom is -0.345 e. The van der Waals surface area contributed by atoms with E-state index in [0.717, 1.165) is 40.9 Å². The molecule has 1 fully saturated rings. The van der Waals surface area contributed by atoms with Crippen LogP contribution < -0.4 is 5.32 Å². The molecular weight excluding hydrogens is 362 g/mol. The number of aromatic nitrogens is 3. The zero-order chi connectivity index (χ0) is 18.4. The number of benzene rings is 1. The quantitative estimate of drug-likeness (QED) is 0.730. The van der Waals surface area contributed by atoms with Gasteiger partial charge in [-0.2, -0.15) is 0 Å². The van der Waals surface area contributed by atoms with Crippen molar-refractivity contribution in [3.8, 4) is 0 Å². The molecule has 138 valence electrons. The summed E-state index contributed by atoms with van der Waals surface area (Å²) in [6, 6.07) is 5.52. The number of carbonyl (C=O) groups excluding carboxylic acids is 2. The van der Waals surface area contributed by atoms with Gasteiger partial charge >= 0.3 is 0 Å². The first-order chi connectivity index (χ1) is 13.2. The van der Waals surface area contributed by atoms with E-state index in [0.29, 0.717) is 30.2 Å². The van der Waals surface area contributed by atoms with Gasteiger partial charge in [0.2, 0.25) is 5.91 Å². The van der Waals surface area contributed by atoms with E-state index in [1.165, 1.54) is 11.3 Å². The minimum atomic E-state index is 0.00519. The van der Waals surface area contributed by atoms with Gasteiger partial charge in [0, 0.05) is 29.3 Å². The van der Waals surface area contributed by atoms with Crippen molar-refractivity contribution in [1.82, 2.24) is 19.9 Å². The highest BCUT2D eigenvalue weighted by Gasteiger charge is 2.28. The van der Waals surface area contributed by atoms with Crippen LogP contribution in [0.15, 0.2) is 24.5 Å². The van der Waals surface area contributed by atoms with Crippen LogP contribution >= 0.6 is 11.3 Å². The summed E-state index contributed by atoms with van der Waals surface area (Å²) >= 11 is 1.48. The molecule has 7 nitrogen and oxygen atoms in total. The molecule has 0 unspecified atom stereocenters. The highest BCUT2D eigenvalue weighted by Crippen LogP contribution is 2.32. The predicted molar refractivity (Wildman–Crippen MR) is 103 cm³/mol. The second kappa shape index (κ2) is 6.45. The van der Waals surface area contributed by atoms with E-state index in [1.807, 2.05) is 23.1 Å². The number of carbonyl (C=O) groups is 2. The molecule has 3 heterocycles. The molecule has 0 bridgehead atoms. The number of anilines is 1. The number of hydrogen-bond donors (Lipinski definition) is 2. The van der Waals surface area contributed by atoms with Crippen LogP contribution in [0, 0.1) is 5.92 Å². The van der Waals surface area contributed by atoms with Crippen molar-refractivity contribution >= 4 is 39.3 Å².